The third-order valence-corrected chi connectivity index (χ3v) is 5.58. The number of carbonyl (C=O) groups is 2. The summed E-state index contributed by atoms with van der Waals surface area (Å²) in [7, 11) is 1.41. The number of nitrogens with zero attached hydrogens (tertiary/aromatic N) is 2. The minimum absolute atomic E-state index is 0.0865. The number of piperidine rings is 1. The zero-order valence-electron chi connectivity index (χ0n) is 15.3. The van der Waals surface area contributed by atoms with Crippen LogP contribution in [0.15, 0.2) is 24.3 Å². The van der Waals surface area contributed by atoms with E-state index in [0.29, 0.717) is 32.5 Å². The van der Waals surface area contributed by atoms with E-state index in [1.165, 1.54) is 13.2 Å². The number of amides is 1. The SMILES string of the molecule is COC(=O)C1CCN(C(=O)CN2CCCC2Cc2cccc(F)c2)CC1. The summed E-state index contributed by atoms with van der Waals surface area (Å²) in [4.78, 5) is 28.3. The second kappa shape index (κ2) is 8.62. The van der Waals surface area contributed by atoms with Crippen LogP contribution in [0.5, 0.6) is 0 Å². The molecule has 2 saturated heterocycles. The topological polar surface area (TPSA) is 49.9 Å². The van der Waals surface area contributed by atoms with Crippen LogP contribution >= 0.6 is 0 Å². The van der Waals surface area contributed by atoms with E-state index in [4.69, 9.17) is 4.74 Å². The number of ether oxygens (including phenoxy) is 1. The number of likely N-dealkylation sites (tertiary alicyclic amines) is 2. The van der Waals surface area contributed by atoms with Gasteiger partial charge < -0.3 is 9.64 Å². The maximum absolute atomic E-state index is 13.4. The Hall–Kier alpha value is -1.95. The van der Waals surface area contributed by atoms with E-state index < -0.39 is 0 Å². The van der Waals surface area contributed by atoms with Crippen LogP contribution in [0, 0.1) is 11.7 Å². The molecule has 142 valence electrons. The van der Waals surface area contributed by atoms with Crippen LogP contribution in [-0.4, -0.2) is 61.0 Å². The van der Waals surface area contributed by atoms with Gasteiger partial charge in [-0.3, -0.25) is 14.5 Å². The number of methoxy groups -OCH3 is 1. The fourth-order valence-electron chi connectivity index (χ4n) is 4.08. The number of carbonyl (C=O) groups excluding carboxylic acids is 2. The Kier molecular flexibility index (Phi) is 6.25. The largest absolute Gasteiger partial charge is 0.469 e. The maximum atomic E-state index is 13.4. The van der Waals surface area contributed by atoms with Crippen molar-refractivity contribution in [2.75, 3.05) is 33.3 Å². The summed E-state index contributed by atoms with van der Waals surface area (Å²) in [6.45, 7) is 2.54. The maximum Gasteiger partial charge on any atom is 0.308 e. The summed E-state index contributed by atoms with van der Waals surface area (Å²) in [6, 6.07) is 7.00. The number of hydrogen-bond acceptors (Lipinski definition) is 4. The molecule has 0 bridgehead atoms. The molecule has 2 fully saturated rings. The summed E-state index contributed by atoms with van der Waals surface area (Å²) >= 11 is 0. The van der Waals surface area contributed by atoms with Crippen molar-refractivity contribution in [3.05, 3.63) is 35.6 Å². The molecule has 1 aromatic rings. The fraction of sp³-hybridized carbons (Fsp3) is 0.600. The molecule has 0 spiro atoms. The van der Waals surface area contributed by atoms with Gasteiger partial charge >= 0.3 is 5.97 Å². The van der Waals surface area contributed by atoms with E-state index in [1.807, 2.05) is 11.0 Å². The molecule has 2 aliphatic heterocycles. The van der Waals surface area contributed by atoms with Crippen LogP contribution in [0.1, 0.15) is 31.2 Å². The minimum atomic E-state index is -0.211. The van der Waals surface area contributed by atoms with Gasteiger partial charge in [0.2, 0.25) is 5.91 Å². The number of esters is 1. The highest BCUT2D eigenvalue weighted by Gasteiger charge is 2.31. The molecular formula is C20H27FN2O3. The van der Waals surface area contributed by atoms with Crippen molar-refractivity contribution in [3.63, 3.8) is 0 Å². The molecule has 1 amide bonds. The molecule has 0 N–H and O–H groups in total. The van der Waals surface area contributed by atoms with Crippen molar-refractivity contribution in [2.45, 2.75) is 38.1 Å². The first-order chi connectivity index (χ1) is 12.6. The summed E-state index contributed by atoms with van der Waals surface area (Å²) in [5.74, 6) is -0.348. The van der Waals surface area contributed by atoms with E-state index in [1.54, 1.807) is 12.1 Å². The lowest BCUT2D eigenvalue weighted by Gasteiger charge is -2.33. The quantitative estimate of drug-likeness (QED) is 0.754. The smallest absolute Gasteiger partial charge is 0.308 e. The van der Waals surface area contributed by atoms with Crippen LogP contribution in [-0.2, 0) is 20.7 Å². The number of halogens is 1. The Bertz CT molecular complexity index is 644. The first kappa shape index (κ1) is 18.8. The van der Waals surface area contributed by atoms with E-state index in [-0.39, 0.29) is 29.7 Å². The number of rotatable bonds is 5. The molecule has 1 aromatic carbocycles. The van der Waals surface area contributed by atoms with Gasteiger partial charge in [0, 0.05) is 19.1 Å². The summed E-state index contributed by atoms with van der Waals surface area (Å²) in [5.41, 5.74) is 0.980. The van der Waals surface area contributed by atoms with Crippen LogP contribution in [0.25, 0.3) is 0 Å². The van der Waals surface area contributed by atoms with Gasteiger partial charge in [-0.1, -0.05) is 12.1 Å². The van der Waals surface area contributed by atoms with E-state index in [2.05, 4.69) is 4.90 Å². The lowest BCUT2D eigenvalue weighted by Crippen LogP contribution is -2.46. The van der Waals surface area contributed by atoms with Crippen molar-refractivity contribution >= 4 is 11.9 Å². The Morgan fingerprint density at radius 2 is 1.96 bits per heavy atom. The third kappa shape index (κ3) is 4.61. The summed E-state index contributed by atoms with van der Waals surface area (Å²) in [6.07, 6.45) is 4.22. The molecule has 0 saturated carbocycles. The molecule has 26 heavy (non-hydrogen) atoms. The minimum Gasteiger partial charge on any atom is -0.469 e. The van der Waals surface area contributed by atoms with Gasteiger partial charge in [-0.25, -0.2) is 4.39 Å². The predicted octanol–water partition coefficient (Wildman–Crippen LogP) is 2.24. The molecule has 1 atom stereocenters. The van der Waals surface area contributed by atoms with Gasteiger partial charge in [0.1, 0.15) is 5.82 Å². The molecule has 2 aliphatic rings. The molecule has 2 heterocycles. The molecule has 3 rings (SSSR count). The Balaban J connectivity index is 1.51. The zero-order valence-corrected chi connectivity index (χ0v) is 15.3. The molecular weight excluding hydrogens is 335 g/mol. The third-order valence-electron chi connectivity index (χ3n) is 5.58. The fourth-order valence-corrected chi connectivity index (χ4v) is 4.08. The lowest BCUT2D eigenvalue weighted by atomic mass is 9.97. The van der Waals surface area contributed by atoms with Gasteiger partial charge in [-0.2, -0.15) is 0 Å². The highest BCUT2D eigenvalue weighted by Crippen LogP contribution is 2.23. The van der Waals surface area contributed by atoms with Crippen LogP contribution in [0.3, 0.4) is 0 Å². The monoisotopic (exact) mass is 362 g/mol. The second-order valence-electron chi connectivity index (χ2n) is 7.28. The normalized spacial score (nSPS) is 21.8. The Morgan fingerprint density at radius 3 is 2.65 bits per heavy atom. The number of hydrogen-bond donors (Lipinski definition) is 0. The average Bonchev–Trinajstić information content (AvgIpc) is 3.07. The first-order valence-corrected chi connectivity index (χ1v) is 9.41. The van der Waals surface area contributed by atoms with E-state index in [0.717, 1.165) is 31.4 Å². The zero-order chi connectivity index (χ0) is 18.5. The molecule has 0 aromatic heterocycles. The Morgan fingerprint density at radius 1 is 1.19 bits per heavy atom. The van der Waals surface area contributed by atoms with E-state index >= 15 is 0 Å². The van der Waals surface area contributed by atoms with Gasteiger partial charge in [-0.05, 0) is 56.3 Å². The van der Waals surface area contributed by atoms with Crippen molar-refractivity contribution in [1.29, 1.82) is 0 Å². The van der Waals surface area contributed by atoms with Crippen LogP contribution in [0.2, 0.25) is 0 Å². The average molecular weight is 362 g/mol. The van der Waals surface area contributed by atoms with Gasteiger partial charge in [0.05, 0.1) is 19.6 Å². The molecule has 6 heteroatoms. The highest BCUT2D eigenvalue weighted by molar-refractivity contribution is 5.79. The highest BCUT2D eigenvalue weighted by atomic mass is 19.1. The number of benzene rings is 1. The molecule has 0 aliphatic carbocycles. The Labute approximate surface area is 154 Å². The summed E-state index contributed by atoms with van der Waals surface area (Å²) < 4.78 is 18.2. The predicted molar refractivity (Wildman–Crippen MR) is 96.0 cm³/mol. The molecule has 0 radical (unpaired) electrons. The lowest BCUT2D eigenvalue weighted by molar-refractivity contribution is -0.149. The van der Waals surface area contributed by atoms with E-state index in [9.17, 15) is 14.0 Å². The van der Waals surface area contributed by atoms with Crippen LogP contribution in [0.4, 0.5) is 4.39 Å². The summed E-state index contributed by atoms with van der Waals surface area (Å²) in [5, 5.41) is 0. The van der Waals surface area contributed by atoms with Crippen molar-refractivity contribution in [1.82, 2.24) is 9.80 Å². The molecule has 5 nitrogen and oxygen atoms in total. The first-order valence-electron chi connectivity index (χ1n) is 9.41. The van der Waals surface area contributed by atoms with Crippen molar-refractivity contribution < 1.29 is 18.7 Å². The van der Waals surface area contributed by atoms with Crippen LogP contribution < -0.4 is 0 Å². The standard InChI is InChI=1S/C20H27FN2O3/c1-26-20(25)16-7-10-22(11-8-16)19(24)14-23-9-3-6-18(23)13-15-4-2-5-17(21)12-15/h2,4-5,12,16,18H,3,6-11,13-14H2,1H3. The van der Waals surface area contributed by atoms with Gasteiger partial charge in [0.15, 0.2) is 0 Å². The molecule has 1 unspecified atom stereocenters. The van der Waals surface area contributed by atoms with Gasteiger partial charge in [0.25, 0.3) is 0 Å². The second-order valence-corrected chi connectivity index (χ2v) is 7.28. The van der Waals surface area contributed by atoms with Gasteiger partial charge in [-0.15, -0.1) is 0 Å². The van der Waals surface area contributed by atoms with Crippen molar-refractivity contribution in [3.8, 4) is 0 Å². The van der Waals surface area contributed by atoms with Crippen molar-refractivity contribution in [2.24, 2.45) is 5.92 Å².